The Labute approximate surface area is 67.1 Å². The summed E-state index contributed by atoms with van der Waals surface area (Å²) in [5.74, 6) is 0. The number of benzene rings is 1. The fourth-order valence-corrected chi connectivity index (χ4v) is 0.739. The molecule has 0 amide bonds. The van der Waals surface area contributed by atoms with E-state index in [1.54, 1.807) is 0 Å². The Morgan fingerprint density at radius 2 is 1.50 bits per heavy atom. The van der Waals surface area contributed by atoms with Gasteiger partial charge in [-0.05, 0) is 0 Å². The third-order valence-corrected chi connectivity index (χ3v) is 1.29. The van der Waals surface area contributed by atoms with E-state index in [1.165, 1.54) is 3.87 Å². The van der Waals surface area contributed by atoms with Gasteiger partial charge in [-0.2, -0.15) is 0 Å². The molecule has 2 heteroatoms. The molecule has 1 rings (SSSR count). The van der Waals surface area contributed by atoms with Crippen molar-refractivity contribution < 1.29 is 20.4 Å². The second-order valence-electron chi connectivity index (χ2n) is 1.37. The number of rotatable bonds is 0. The third kappa shape index (κ3) is 2.51. The molecule has 0 atom stereocenters. The quantitative estimate of drug-likeness (QED) is 0.503. The molecule has 8 heavy (non-hydrogen) atoms. The van der Waals surface area contributed by atoms with Crippen LogP contribution >= 0.6 is 12.4 Å². The number of hydrogen-bond acceptors (Lipinski definition) is 0. The van der Waals surface area contributed by atoms with Crippen molar-refractivity contribution in [1.82, 2.24) is 0 Å². The van der Waals surface area contributed by atoms with Crippen molar-refractivity contribution in [2.75, 3.05) is 0 Å². The Kier molecular flexibility index (Phi) is 4.25. The van der Waals surface area contributed by atoms with Crippen LogP contribution < -0.4 is 3.87 Å². The molecule has 0 bridgehead atoms. The van der Waals surface area contributed by atoms with E-state index in [0.29, 0.717) is 0 Å². The molecule has 1 aromatic carbocycles. The van der Waals surface area contributed by atoms with Crippen LogP contribution in [0.4, 0.5) is 0 Å². The van der Waals surface area contributed by atoms with Gasteiger partial charge in [0, 0.05) is 0 Å². The summed E-state index contributed by atoms with van der Waals surface area (Å²) in [5, 5.41) is 0. The topological polar surface area (TPSA) is 0 Å². The molecule has 1 aromatic rings. The molecule has 0 saturated heterocycles. The molecule has 0 aliphatic heterocycles. The van der Waals surface area contributed by atoms with Crippen molar-refractivity contribution in [2.24, 2.45) is 0 Å². The van der Waals surface area contributed by atoms with Crippen LogP contribution in [0.5, 0.6) is 0 Å². The zero-order valence-corrected chi connectivity index (χ0v) is 6.67. The predicted molar refractivity (Wildman–Crippen MR) is 33.3 cm³/mol. The van der Waals surface area contributed by atoms with Gasteiger partial charge in [0.2, 0.25) is 0 Å². The Bertz CT molecular complexity index is 138. The third-order valence-electron chi connectivity index (χ3n) is 0.774. The van der Waals surface area contributed by atoms with Crippen LogP contribution in [0, 0.1) is 0 Å². The minimum atomic E-state index is 0. The first-order valence-electron chi connectivity index (χ1n) is 2.16. The summed E-state index contributed by atoms with van der Waals surface area (Å²) in [7, 11) is 0. The molecule has 0 unspecified atom stereocenters. The van der Waals surface area contributed by atoms with Crippen LogP contribution in [0.2, 0.25) is 0 Å². The van der Waals surface area contributed by atoms with Gasteiger partial charge < -0.3 is 0 Å². The van der Waals surface area contributed by atoms with E-state index in [4.69, 9.17) is 0 Å². The molecule has 0 aliphatic carbocycles. The van der Waals surface area contributed by atoms with Gasteiger partial charge in [0.1, 0.15) is 0 Å². The summed E-state index contributed by atoms with van der Waals surface area (Å²) < 4.78 is 1.32. The molecule has 0 fully saturated rings. The molecule has 0 nitrogen and oxygen atoms in total. The van der Waals surface area contributed by atoms with Crippen molar-refractivity contribution in [3.63, 3.8) is 0 Å². The molecule has 0 saturated carbocycles. The van der Waals surface area contributed by atoms with Crippen molar-refractivity contribution in [2.45, 2.75) is 0 Å². The SMILES string of the molecule is Cl.[Ti][c]1ccccc1. The summed E-state index contributed by atoms with van der Waals surface area (Å²) in [6, 6.07) is 10.3. The summed E-state index contributed by atoms with van der Waals surface area (Å²) in [6.07, 6.45) is 0. The minimum absolute atomic E-state index is 0. The van der Waals surface area contributed by atoms with E-state index < -0.39 is 0 Å². The maximum absolute atomic E-state index is 2.08. The van der Waals surface area contributed by atoms with E-state index in [-0.39, 0.29) is 12.4 Å². The van der Waals surface area contributed by atoms with Crippen LogP contribution in [0.15, 0.2) is 30.3 Å². The first kappa shape index (κ1) is 8.22. The van der Waals surface area contributed by atoms with Crippen molar-refractivity contribution in [3.8, 4) is 0 Å². The molecule has 0 aromatic heterocycles. The van der Waals surface area contributed by atoms with Crippen molar-refractivity contribution in [1.29, 1.82) is 0 Å². The molecule has 0 N–H and O–H groups in total. The molecule has 0 radical (unpaired) electrons. The van der Waals surface area contributed by atoms with E-state index in [9.17, 15) is 0 Å². The Hall–Kier alpha value is 0.224. The molecule has 0 spiro atoms. The van der Waals surface area contributed by atoms with Gasteiger partial charge in [-0.15, -0.1) is 12.4 Å². The zero-order chi connectivity index (χ0) is 5.11. The molecular weight excluding hydrogens is 155 g/mol. The van der Waals surface area contributed by atoms with Gasteiger partial charge >= 0.3 is 54.6 Å². The van der Waals surface area contributed by atoms with Gasteiger partial charge in [0.05, 0.1) is 0 Å². The van der Waals surface area contributed by atoms with Crippen LogP contribution in [0.25, 0.3) is 0 Å². The number of hydrogen-bond donors (Lipinski definition) is 0. The van der Waals surface area contributed by atoms with Gasteiger partial charge in [-0.3, -0.25) is 0 Å². The normalized spacial score (nSPS) is 7.38. The number of halogens is 1. The Balaban J connectivity index is 0.000000490. The fraction of sp³-hybridized carbons (Fsp3) is 0. The average molecular weight is 161 g/mol. The van der Waals surface area contributed by atoms with E-state index in [0.717, 1.165) is 0 Å². The van der Waals surface area contributed by atoms with Crippen LogP contribution in [0.3, 0.4) is 0 Å². The van der Waals surface area contributed by atoms with E-state index >= 15 is 0 Å². The monoisotopic (exact) mass is 161 g/mol. The average Bonchev–Trinajstić information content (AvgIpc) is 1.69. The summed E-state index contributed by atoms with van der Waals surface area (Å²) in [5.41, 5.74) is 0. The molecule has 0 aliphatic rings. The molecule has 0 heterocycles. The van der Waals surface area contributed by atoms with Gasteiger partial charge in [0.15, 0.2) is 0 Å². The predicted octanol–water partition coefficient (Wildman–Crippen LogP) is 1.28. The standard InChI is InChI=1S/C6H5.ClH.Ti/c1-2-4-6-5-3-1;;/h1-5H;1H;. The van der Waals surface area contributed by atoms with E-state index in [1.807, 2.05) is 18.2 Å². The fourth-order valence-electron chi connectivity index (χ4n) is 0.438. The van der Waals surface area contributed by atoms with Gasteiger partial charge in [-0.25, -0.2) is 0 Å². The maximum atomic E-state index is 2.08. The summed E-state index contributed by atoms with van der Waals surface area (Å²) >= 11 is 2.08. The van der Waals surface area contributed by atoms with E-state index in [2.05, 4.69) is 32.6 Å². The molecular formula is C6H6ClTi. The first-order valence-corrected chi connectivity index (χ1v) is 2.94. The molecule has 41 valence electrons. The van der Waals surface area contributed by atoms with Gasteiger partial charge in [-0.1, -0.05) is 0 Å². The second-order valence-corrected chi connectivity index (χ2v) is 2.27. The second kappa shape index (κ2) is 4.14. The summed E-state index contributed by atoms with van der Waals surface area (Å²) in [6.45, 7) is 0. The Morgan fingerprint density at radius 3 is 1.75 bits per heavy atom. The first-order chi connectivity index (χ1) is 3.39. The van der Waals surface area contributed by atoms with Crippen LogP contribution in [-0.4, -0.2) is 0 Å². The van der Waals surface area contributed by atoms with Crippen molar-refractivity contribution >= 4 is 16.3 Å². The summed E-state index contributed by atoms with van der Waals surface area (Å²) in [4.78, 5) is 0. The Morgan fingerprint density at radius 1 is 1.00 bits per heavy atom. The zero-order valence-electron chi connectivity index (χ0n) is 4.29. The van der Waals surface area contributed by atoms with Crippen molar-refractivity contribution in [3.05, 3.63) is 30.3 Å². The van der Waals surface area contributed by atoms with Crippen LogP contribution in [0.1, 0.15) is 0 Å². The van der Waals surface area contributed by atoms with Gasteiger partial charge in [0.25, 0.3) is 0 Å². The van der Waals surface area contributed by atoms with Crippen LogP contribution in [-0.2, 0) is 20.4 Å².